The molecule has 1 atom stereocenters. The van der Waals surface area contributed by atoms with E-state index in [1.807, 2.05) is 0 Å². The van der Waals surface area contributed by atoms with Crippen molar-refractivity contribution in [2.24, 2.45) is 11.8 Å². The van der Waals surface area contributed by atoms with Gasteiger partial charge in [-0.3, -0.25) is 9.59 Å². The van der Waals surface area contributed by atoms with Crippen molar-refractivity contribution in [1.29, 1.82) is 0 Å². The molecule has 1 fully saturated rings. The minimum atomic E-state index is -3.43. The number of ketones is 2. The summed E-state index contributed by atoms with van der Waals surface area (Å²) >= 11 is 0. The van der Waals surface area contributed by atoms with Gasteiger partial charge in [0.1, 0.15) is 5.78 Å². The third-order valence-corrected chi connectivity index (χ3v) is 2.11. The fourth-order valence-electron chi connectivity index (χ4n) is 1.55. The first-order valence-electron chi connectivity index (χ1n) is 3.81. The Morgan fingerprint density at radius 3 is 2.08 bits per heavy atom. The van der Waals surface area contributed by atoms with Gasteiger partial charge in [0.15, 0.2) is 0 Å². The van der Waals surface area contributed by atoms with Crippen LogP contribution in [0.5, 0.6) is 0 Å². The van der Waals surface area contributed by atoms with Crippen molar-refractivity contribution < 1.29 is 18.4 Å². The number of halogens is 2. The predicted molar refractivity (Wildman–Crippen MR) is 37.9 cm³/mol. The maximum Gasteiger partial charge on any atom is 0.315 e. The summed E-state index contributed by atoms with van der Waals surface area (Å²) in [4.78, 5) is 21.6. The molecule has 1 unspecified atom stereocenters. The molecule has 0 heterocycles. The van der Waals surface area contributed by atoms with Gasteiger partial charge in [0.2, 0.25) is 5.78 Å². The van der Waals surface area contributed by atoms with Crippen LogP contribution in [-0.2, 0) is 9.59 Å². The second-order valence-corrected chi connectivity index (χ2v) is 3.41. The number of Topliss-reactive ketones (excluding diaryl/α,β-unsaturated/α-hetero) is 2. The van der Waals surface area contributed by atoms with Crippen LogP contribution in [-0.4, -0.2) is 17.5 Å². The highest BCUT2D eigenvalue weighted by molar-refractivity contribution is 6.11. The topological polar surface area (TPSA) is 34.1 Å². The van der Waals surface area contributed by atoms with Crippen LogP contribution in [0, 0.1) is 11.8 Å². The van der Waals surface area contributed by atoms with Crippen molar-refractivity contribution in [2.45, 2.75) is 26.2 Å². The Bertz CT molecular complexity index is 233. The van der Waals surface area contributed by atoms with E-state index < -0.39 is 35.7 Å². The lowest BCUT2D eigenvalue weighted by Crippen LogP contribution is -2.34. The van der Waals surface area contributed by atoms with E-state index in [2.05, 4.69) is 0 Å². The van der Waals surface area contributed by atoms with Gasteiger partial charge >= 0.3 is 5.92 Å². The lowest BCUT2D eigenvalue weighted by Gasteiger charge is -2.19. The summed E-state index contributed by atoms with van der Waals surface area (Å²) in [5.74, 6) is -7.15. The largest absolute Gasteiger partial charge is 0.315 e. The molecule has 1 rings (SSSR count). The van der Waals surface area contributed by atoms with Crippen molar-refractivity contribution >= 4 is 11.6 Å². The van der Waals surface area contributed by atoms with Crippen molar-refractivity contribution in [3.05, 3.63) is 0 Å². The Labute approximate surface area is 68.9 Å². The minimum Gasteiger partial charge on any atom is -0.299 e. The molecule has 0 N–H and O–H groups in total. The van der Waals surface area contributed by atoms with Crippen molar-refractivity contribution in [3.63, 3.8) is 0 Å². The van der Waals surface area contributed by atoms with Crippen LogP contribution in [0.2, 0.25) is 0 Å². The monoisotopic (exact) mass is 176 g/mol. The molecule has 2 nitrogen and oxygen atoms in total. The quantitative estimate of drug-likeness (QED) is 0.566. The van der Waals surface area contributed by atoms with Crippen LogP contribution in [0.25, 0.3) is 0 Å². The molecular weight excluding hydrogens is 166 g/mol. The van der Waals surface area contributed by atoms with Crippen LogP contribution in [0.3, 0.4) is 0 Å². The van der Waals surface area contributed by atoms with E-state index in [1.54, 1.807) is 0 Å². The van der Waals surface area contributed by atoms with Gasteiger partial charge in [-0.2, -0.15) is 8.78 Å². The molecule has 0 aromatic heterocycles. The molecule has 12 heavy (non-hydrogen) atoms. The van der Waals surface area contributed by atoms with Gasteiger partial charge in [0.05, 0.1) is 12.3 Å². The fraction of sp³-hybridized carbons (Fsp3) is 0.750. The number of rotatable bonds is 1. The first kappa shape index (κ1) is 9.29. The van der Waals surface area contributed by atoms with Gasteiger partial charge in [0, 0.05) is 0 Å². The molecule has 0 bridgehead atoms. The normalized spacial score (nSPS) is 28.6. The number of alkyl halides is 2. The summed E-state index contributed by atoms with van der Waals surface area (Å²) in [5.41, 5.74) is 0. The standard InChI is InChI=1S/C8H10F2O2/c1-4(2)7-5(11)3-6(12)8(7,9)10/h4,7H,3H2,1-2H3. The van der Waals surface area contributed by atoms with Crippen LogP contribution < -0.4 is 0 Å². The predicted octanol–water partition coefficient (Wildman–Crippen LogP) is 1.44. The minimum absolute atomic E-state index is 0.473. The maximum absolute atomic E-state index is 12.9. The molecule has 0 spiro atoms. The molecule has 68 valence electrons. The molecule has 0 aromatic rings. The van der Waals surface area contributed by atoms with Crippen LogP contribution in [0.1, 0.15) is 20.3 Å². The third kappa shape index (κ3) is 1.15. The summed E-state index contributed by atoms with van der Waals surface area (Å²) in [5, 5.41) is 0. The Hall–Kier alpha value is -0.800. The van der Waals surface area contributed by atoms with E-state index in [1.165, 1.54) is 13.8 Å². The van der Waals surface area contributed by atoms with E-state index in [4.69, 9.17) is 0 Å². The van der Waals surface area contributed by atoms with Crippen LogP contribution in [0.4, 0.5) is 8.78 Å². The molecule has 0 aromatic carbocycles. The molecule has 0 radical (unpaired) electrons. The lowest BCUT2D eigenvalue weighted by molar-refractivity contribution is -0.147. The van der Waals surface area contributed by atoms with Gasteiger partial charge in [-0.15, -0.1) is 0 Å². The highest BCUT2D eigenvalue weighted by atomic mass is 19.3. The highest BCUT2D eigenvalue weighted by Crippen LogP contribution is 2.39. The van der Waals surface area contributed by atoms with Crippen molar-refractivity contribution in [3.8, 4) is 0 Å². The highest BCUT2D eigenvalue weighted by Gasteiger charge is 2.57. The smallest absolute Gasteiger partial charge is 0.299 e. The third-order valence-electron chi connectivity index (χ3n) is 2.11. The summed E-state index contributed by atoms with van der Waals surface area (Å²) < 4.78 is 25.9. The maximum atomic E-state index is 12.9. The summed E-state index contributed by atoms with van der Waals surface area (Å²) in [6, 6.07) is 0. The Balaban J connectivity index is 2.99. The summed E-state index contributed by atoms with van der Waals surface area (Å²) in [6.07, 6.45) is -0.601. The first-order chi connectivity index (χ1) is 5.37. The lowest BCUT2D eigenvalue weighted by atomic mass is 9.91. The van der Waals surface area contributed by atoms with E-state index in [0.29, 0.717) is 0 Å². The average Bonchev–Trinajstić information content (AvgIpc) is 2.02. The summed E-state index contributed by atoms with van der Waals surface area (Å²) in [6.45, 7) is 3.05. The van der Waals surface area contributed by atoms with Gasteiger partial charge in [0.25, 0.3) is 0 Å². The fourth-order valence-corrected chi connectivity index (χ4v) is 1.55. The van der Waals surface area contributed by atoms with E-state index >= 15 is 0 Å². The number of carbonyl (C=O) groups excluding carboxylic acids is 2. The second kappa shape index (κ2) is 2.61. The molecule has 0 aliphatic heterocycles. The zero-order valence-corrected chi connectivity index (χ0v) is 6.93. The number of carbonyl (C=O) groups is 2. The van der Waals surface area contributed by atoms with E-state index in [-0.39, 0.29) is 0 Å². The Morgan fingerprint density at radius 2 is 1.92 bits per heavy atom. The number of hydrogen-bond donors (Lipinski definition) is 0. The zero-order chi connectivity index (χ0) is 9.52. The van der Waals surface area contributed by atoms with Crippen molar-refractivity contribution in [1.82, 2.24) is 0 Å². The summed E-state index contributed by atoms with van der Waals surface area (Å²) in [7, 11) is 0. The SMILES string of the molecule is CC(C)C1C(=O)CC(=O)C1(F)F. The first-order valence-corrected chi connectivity index (χ1v) is 3.81. The zero-order valence-electron chi connectivity index (χ0n) is 6.93. The molecular formula is C8H10F2O2. The molecule has 1 aliphatic rings. The van der Waals surface area contributed by atoms with E-state index in [0.717, 1.165) is 0 Å². The van der Waals surface area contributed by atoms with Gasteiger partial charge in [-0.25, -0.2) is 0 Å². The second-order valence-electron chi connectivity index (χ2n) is 3.41. The van der Waals surface area contributed by atoms with Gasteiger partial charge in [-0.05, 0) is 5.92 Å². The average molecular weight is 176 g/mol. The van der Waals surface area contributed by atoms with E-state index in [9.17, 15) is 18.4 Å². The molecule has 1 saturated carbocycles. The Kier molecular flexibility index (Phi) is 2.02. The Morgan fingerprint density at radius 1 is 1.42 bits per heavy atom. The molecule has 0 amide bonds. The molecule has 0 saturated heterocycles. The number of hydrogen-bond acceptors (Lipinski definition) is 2. The van der Waals surface area contributed by atoms with Crippen LogP contribution >= 0.6 is 0 Å². The molecule has 4 heteroatoms. The molecule has 1 aliphatic carbocycles. The van der Waals surface area contributed by atoms with Gasteiger partial charge < -0.3 is 0 Å². The van der Waals surface area contributed by atoms with Crippen molar-refractivity contribution in [2.75, 3.05) is 0 Å². The van der Waals surface area contributed by atoms with Gasteiger partial charge in [-0.1, -0.05) is 13.8 Å². The van der Waals surface area contributed by atoms with Crippen LogP contribution in [0.15, 0.2) is 0 Å².